The Kier molecular flexibility index (Phi) is 11.3. The fourth-order valence-corrected chi connectivity index (χ4v) is 11.5. The average molecular weight is 879 g/mol. The number of anilines is 2. The van der Waals surface area contributed by atoms with Gasteiger partial charge >= 0.3 is 6.18 Å². The zero-order valence-electron chi connectivity index (χ0n) is 37.8. The lowest BCUT2D eigenvalue weighted by Crippen LogP contribution is -2.37. The zero-order valence-corrected chi connectivity index (χ0v) is 37.8. The molecule has 3 heterocycles. The normalized spacial score (nSPS) is 18.8. The molecule has 10 rings (SSSR count). The number of halogens is 3. The second kappa shape index (κ2) is 17.1. The summed E-state index contributed by atoms with van der Waals surface area (Å²) in [7, 11) is 3.42. The Bertz CT molecular complexity index is 2750. The predicted molar refractivity (Wildman–Crippen MR) is 256 cm³/mol. The van der Waals surface area contributed by atoms with Crippen LogP contribution in [0.15, 0.2) is 109 Å². The monoisotopic (exact) mass is 878 g/mol. The molecule has 0 bridgehead atoms. The zero-order chi connectivity index (χ0) is 44.9. The van der Waals surface area contributed by atoms with Crippen LogP contribution in [-0.2, 0) is 21.9 Å². The Balaban J connectivity index is 1.26. The lowest BCUT2D eigenvalue weighted by molar-refractivity contribution is -0.137. The Morgan fingerprint density at radius 1 is 0.692 bits per heavy atom. The van der Waals surface area contributed by atoms with E-state index in [1.54, 1.807) is 26.4 Å². The van der Waals surface area contributed by atoms with Crippen LogP contribution in [0.2, 0.25) is 0 Å². The molecule has 6 aromatic rings. The summed E-state index contributed by atoms with van der Waals surface area (Å²) in [5.74, 6) is 2.31. The maximum atomic E-state index is 14.6. The van der Waals surface area contributed by atoms with E-state index in [-0.39, 0.29) is 5.56 Å². The predicted octanol–water partition coefficient (Wildman–Crippen LogP) is 13.6. The van der Waals surface area contributed by atoms with E-state index in [0.717, 1.165) is 137 Å². The molecule has 65 heavy (non-hydrogen) atoms. The highest BCUT2D eigenvalue weighted by atomic mass is 19.4. The van der Waals surface area contributed by atoms with Gasteiger partial charge in [0.1, 0.15) is 17.2 Å². The van der Waals surface area contributed by atoms with Crippen LogP contribution in [0, 0.1) is 0 Å². The minimum atomic E-state index is -4.50. The Morgan fingerprint density at radius 3 is 2.05 bits per heavy atom. The number of alkyl halides is 3. The van der Waals surface area contributed by atoms with Crippen molar-refractivity contribution in [1.82, 2.24) is 0 Å². The van der Waals surface area contributed by atoms with Gasteiger partial charge in [0.15, 0.2) is 5.60 Å². The van der Waals surface area contributed by atoms with Crippen LogP contribution in [-0.4, -0.2) is 53.6 Å². The first-order valence-corrected chi connectivity index (χ1v) is 23.4. The molecule has 0 amide bonds. The fourth-order valence-electron chi connectivity index (χ4n) is 11.5. The molecule has 0 radical (unpaired) electrons. The molecule has 336 valence electrons. The highest BCUT2D eigenvalue weighted by Gasteiger charge is 2.48. The van der Waals surface area contributed by atoms with Gasteiger partial charge in [0.05, 0.1) is 38.7 Å². The third kappa shape index (κ3) is 7.22. The van der Waals surface area contributed by atoms with Crippen LogP contribution in [0.3, 0.4) is 0 Å². The van der Waals surface area contributed by atoms with Crippen LogP contribution in [0.25, 0.3) is 39.1 Å². The van der Waals surface area contributed by atoms with E-state index in [1.807, 2.05) is 18.2 Å². The van der Waals surface area contributed by atoms with Crippen molar-refractivity contribution >= 4 is 28.2 Å². The number of ether oxygens (including phenoxy) is 4. The van der Waals surface area contributed by atoms with E-state index in [2.05, 4.69) is 96.5 Å². The second-order valence-corrected chi connectivity index (χ2v) is 18.0. The van der Waals surface area contributed by atoms with E-state index in [9.17, 15) is 13.2 Å². The molecule has 9 heteroatoms. The van der Waals surface area contributed by atoms with Crippen molar-refractivity contribution in [2.75, 3.05) is 63.4 Å². The SMILES string of the molecule is CCCC1(CCC)c2cc(-c3ccccc3C(F)(F)F)ccc2-c2c1c1c(c3cc(OC)c(N4CCCCC4)cc23)OC(c2ccc(OC)cc2)(c2ccc(N3CCOCC3)cc2)C=C1. The topological polar surface area (TPSA) is 43.4 Å². The van der Waals surface area contributed by atoms with Gasteiger partial charge in [-0.2, -0.15) is 13.2 Å². The maximum Gasteiger partial charge on any atom is 0.417 e. The molecule has 1 atom stereocenters. The van der Waals surface area contributed by atoms with Gasteiger partial charge in [-0.3, -0.25) is 0 Å². The summed E-state index contributed by atoms with van der Waals surface area (Å²) in [5.41, 5.74) is 8.20. The molecule has 0 N–H and O–H groups in total. The van der Waals surface area contributed by atoms with Crippen LogP contribution in [0.1, 0.15) is 92.2 Å². The molecule has 0 spiro atoms. The summed E-state index contributed by atoms with van der Waals surface area (Å²) in [5, 5.41) is 1.99. The molecule has 2 saturated heterocycles. The number of fused-ring (bicyclic) bond motifs is 8. The molecule has 1 aliphatic carbocycles. The molecule has 4 aliphatic rings. The summed E-state index contributed by atoms with van der Waals surface area (Å²) in [6, 6.07) is 33.4. The first kappa shape index (κ1) is 43.0. The fraction of sp³-hybridized carbons (Fsp3) is 0.357. The molecule has 3 aliphatic heterocycles. The summed E-state index contributed by atoms with van der Waals surface area (Å²) >= 11 is 0. The number of piperidine rings is 1. The number of benzene rings is 6. The van der Waals surface area contributed by atoms with Crippen LogP contribution in [0.5, 0.6) is 17.2 Å². The van der Waals surface area contributed by atoms with E-state index >= 15 is 0 Å². The molecule has 6 nitrogen and oxygen atoms in total. The molecule has 2 fully saturated rings. The third-order valence-corrected chi connectivity index (χ3v) is 14.4. The first-order valence-electron chi connectivity index (χ1n) is 23.4. The number of morpholine rings is 1. The Labute approximate surface area is 380 Å². The standard InChI is InChI=1S/C56H57F3N2O4/c1-5-25-54(26-6-2)48-34-37(42-12-8-9-13-47(42)56(57,58)59)14-23-43(48)51-45-35-49(61-28-10-7-11-29-61)50(63-4)36-46(45)53-44(52(51)54)24-27-55(65-53,39-17-21-41(62-3)22-18-39)38-15-19-40(20-16-38)60-30-32-64-33-31-60/h8-9,12-24,27,34-36H,5-7,10-11,25-26,28-33H2,1-4H3. The minimum Gasteiger partial charge on any atom is -0.497 e. The number of methoxy groups -OCH3 is 2. The summed E-state index contributed by atoms with van der Waals surface area (Å²) in [6.45, 7) is 9.36. The maximum absolute atomic E-state index is 14.6. The molecular weight excluding hydrogens is 822 g/mol. The van der Waals surface area contributed by atoms with Gasteiger partial charge in [-0.1, -0.05) is 87.4 Å². The number of hydrogen-bond donors (Lipinski definition) is 0. The third-order valence-electron chi connectivity index (χ3n) is 14.4. The van der Waals surface area contributed by atoms with Gasteiger partial charge in [-0.25, -0.2) is 0 Å². The molecule has 0 saturated carbocycles. The highest BCUT2D eigenvalue weighted by molar-refractivity contribution is 6.10. The van der Waals surface area contributed by atoms with Crippen molar-refractivity contribution in [3.8, 4) is 39.5 Å². The molecule has 1 unspecified atom stereocenters. The van der Waals surface area contributed by atoms with Crippen LogP contribution in [0.4, 0.5) is 24.5 Å². The minimum absolute atomic E-state index is 0.191. The summed E-state index contributed by atoms with van der Waals surface area (Å²) in [4.78, 5) is 4.81. The summed E-state index contributed by atoms with van der Waals surface area (Å²) in [6.07, 6.45) is 6.79. The molecule has 0 aromatic heterocycles. The lowest BCUT2D eigenvalue weighted by Gasteiger charge is -2.40. The quantitative estimate of drug-likeness (QED) is 0.129. The van der Waals surface area contributed by atoms with Gasteiger partial charge in [-0.15, -0.1) is 0 Å². The van der Waals surface area contributed by atoms with Gasteiger partial charge in [0.2, 0.25) is 0 Å². The van der Waals surface area contributed by atoms with Crippen molar-refractivity contribution < 1.29 is 32.1 Å². The summed E-state index contributed by atoms with van der Waals surface area (Å²) < 4.78 is 69.3. The Hall–Kier alpha value is -5.93. The van der Waals surface area contributed by atoms with Gasteiger partial charge in [-0.05, 0) is 125 Å². The van der Waals surface area contributed by atoms with Crippen LogP contribution >= 0.6 is 0 Å². The van der Waals surface area contributed by atoms with E-state index in [4.69, 9.17) is 18.9 Å². The van der Waals surface area contributed by atoms with E-state index in [0.29, 0.717) is 18.8 Å². The van der Waals surface area contributed by atoms with Crippen molar-refractivity contribution in [2.24, 2.45) is 0 Å². The van der Waals surface area contributed by atoms with E-state index < -0.39 is 22.8 Å². The second-order valence-electron chi connectivity index (χ2n) is 18.0. The van der Waals surface area contributed by atoms with Crippen LogP contribution < -0.4 is 24.0 Å². The van der Waals surface area contributed by atoms with E-state index in [1.165, 1.54) is 24.1 Å². The average Bonchev–Trinajstić information content (AvgIpc) is 3.62. The molecular formula is C56H57F3N2O4. The van der Waals surface area contributed by atoms with Crippen molar-refractivity contribution in [3.63, 3.8) is 0 Å². The van der Waals surface area contributed by atoms with Crippen molar-refractivity contribution in [2.45, 2.75) is 76.0 Å². The Morgan fingerprint density at radius 2 is 1.38 bits per heavy atom. The van der Waals surface area contributed by atoms with Crippen molar-refractivity contribution in [1.29, 1.82) is 0 Å². The van der Waals surface area contributed by atoms with Gasteiger partial charge in [0.25, 0.3) is 0 Å². The largest absolute Gasteiger partial charge is 0.497 e. The number of rotatable bonds is 11. The van der Waals surface area contributed by atoms with Crippen molar-refractivity contribution in [3.05, 3.63) is 143 Å². The van der Waals surface area contributed by atoms with Gasteiger partial charge in [0, 0.05) is 59.4 Å². The number of hydrogen-bond acceptors (Lipinski definition) is 6. The molecule has 6 aromatic carbocycles. The van der Waals surface area contributed by atoms with Gasteiger partial charge < -0.3 is 28.7 Å². The smallest absolute Gasteiger partial charge is 0.417 e. The number of nitrogens with zero attached hydrogens (tertiary/aromatic N) is 2. The highest BCUT2D eigenvalue weighted by Crippen LogP contribution is 2.62. The first-order chi connectivity index (χ1) is 31.6. The lowest BCUT2D eigenvalue weighted by atomic mass is 9.69.